The summed E-state index contributed by atoms with van der Waals surface area (Å²) < 4.78 is 26.8. The third-order valence-electron chi connectivity index (χ3n) is 4.61. The Bertz CT molecular complexity index is 895. The van der Waals surface area contributed by atoms with Gasteiger partial charge in [-0.3, -0.25) is 14.9 Å². The van der Waals surface area contributed by atoms with E-state index in [1.165, 1.54) is 38.5 Å². The van der Waals surface area contributed by atoms with Gasteiger partial charge in [-0.2, -0.15) is 0 Å². The zero-order chi connectivity index (χ0) is 22.8. The number of hydrogen-bond acceptors (Lipinski definition) is 8. The van der Waals surface area contributed by atoms with Gasteiger partial charge in [0.2, 0.25) is 0 Å². The number of nitro benzene ring substituents is 1. The second-order valence-electron chi connectivity index (χ2n) is 6.54. The summed E-state index contributed by atoms with van der Waals surface area (Å²) >= 11 is 0. The zero-order valence-electron chi connectivity index (χ0n) is 18.1. The fourth-order valence-corrected chi connectivity index (χ4v) is 3.21. The number of ether oxygens (including phenoxy) is 5. The molecule has 168 valence electrons. The molecule has 2 rings (SSSR count). The molecule has 0 aromatic heterocycles. The van der Waals surface area contributed by atoms with Crippen molar-refractivity contribution in [1.82, 2.24) is 0 Å². The van der Waals surface area contributed by atoms with E-state index in [2.05, 4.69) is 0 Å². The summed E-state index contributed by atoms with van der Waals surface area (Å²) in [7, 11) is 4.58. The lowest BCUT2D eigenvalue weighted by molar-refractivity contribution is -0.384. The third kappa shape index (κ3) is 6.00. The summed E-state index contributed by atoms with van der Waals surface area (Å²) in [6, 6.07) is 7.11. The van der Waals surface area contributed by atoms with E-state index in [0.29, 0.717) is 42.1 Å². The largest absolute Gasteiger partial charge is 0.467 e. The Morgan fingerprint density at radius 2 is 1.55 bits per heavy atom. The lowest BCUT2D eigenvalue weighted by atomic mass is 9.90. The van der Waals surface area contributed by atoms with Crippen molar-refractivity contribution >= 4 is 11.5 Å². The van der Waals surface area contributed by atoms with Crippen molar-refractivity contribution in [2.75, 3.05) is 41.5 Å². The van der Waals surface area contributed by atoms with Crippen LogP contribution in [0.4, 0.5) is 5.69 Å². The lowest BCUT2D eigenvalue weighted by Gasteiger charge is -2.21. The molecule has 0 amide bonds. The highest BCUT2D eigenvalue weighted by Gasteiger charge is 2.25. The number of carbonyl (C=O) groups excluding carboxylic acids is 1. The molecule has 2 aromatic carbocycles. The molecule has 0 atom stereocenters. The van der Waals surface area contributed by atoms with Crippen LogP contribution in [0.15, 0.2) is 30.3 Å². The molecule has 0 spiro atoms. The van der Waals surface area contributed by atoms with E-state index in [0.717, 1.165) is 11.1 Å². The van der Waals surface area contributed by atoms with Gasteiger partial charge in [0.1, 0.15) is 11.5 Å². The summed E-state index contributed by atoms with van der Waals surface area (Å²) in [5.74, 6) is 0.515. The molecule has 0 aliphatic heterocycles. The molecule has 2 aromatic rings. The first-order valence-corrected chi connectivity index (χ1v) is 9.68. The highest BCUT2D eigenvalue weighted by molar-refractivity contribution is 6.12. The predicted molar refractivity (Wildman–Crippen MR) is 113 cm³/mol. The van der Waals surface area contributed by atoms with E-state index in [9.17, 15) is 14.9 Å². The fourth-order valence-electron chi connectivity index (χ4n) is 3.21. The van der Waals surface area contributed by atoms with Crippen LogP contribution >= 0.6 is 0 Å². The van der Waals surface area contributed by atoms with E-state index < -0.39 is 4.92 Å². The molecule has 0 aliphatic carbocycles. The van der Waals surface area contributed by atoms with Crippen molar-refractivity contribution in [3.63, 3.8) is 0 Å². The SMILES string of the molecule is CCc1c(OCOC)cc(OCOC)c(C(=O)c2ccc([N+](=O)[O-])cc2)c1CCOC. The molecule has 9 heteroatoms. The van der Waals surface area contributed by atoms with E-state index >= 15 is 0 Å². The number of rotatable bonds is 13. The van der Waals surface area contributed by atoms with Gasteiger partial charge in [-0.25, -0.2) is 0 Å². The van der Waals surface area contributed by atoms with Gasteiger partial charge in [-0.05, 0) is 36.1 Å². The molecule has 0 unspecified atom stereocenters. The van der Waals surface area contributed by atoms with Gasteiger partial charge in [-0.1, -0.05) is 6.92 Å². The highest BCUT2D eigenvalue weighted by atomic mass is 16.7. The first-order valence-electron chi connectivity index (χ1n) is 9.68. The normalized spacial score (nSPS) is 10.7. The monoisotopic (exact) mass is 433 g/mol. The van der Waals surface area contributed by atoms with Crippen LogP contribution in [0.3, 0.4) is 0 Å². The maximum Gasteiger partial charge on any atom is 0.269 e. The molecular weight excluding hydrogens is 406 g/mol. The van der Waals surface area contributed by atoms with Gasteiger partial charge in [0, 0.05) is 45.1 Å². The molecule has 0 saturated heterocycles. The Morgan fingerprint density at radius 3 is 2.06 bits per heavy atom. The number of ketones is 1. The average molecular weight is 433 g/mol. The third-order valence-corrected chi connectivity index (χ3v) is 4.61. The van der Waals surface area contributed by atoms with Gasteiger partial charge in [0.25, 0.3) is 5.69 Å². The van der Waals surface area contributed by atoms with Crippen LogP contribution in [0.25, 0.3) is 0 Å². The summed E-state index contributed by atoms with van der Waals surface area (Å²) in [5, 5.41) is 11.0. The minimum absolute atomic E-state index is 0.0378. The zero-order valence-corrected chi connectivity index (χ0v) is 18.1. The Balaban J connectivity index is 2.66. The van der Waals surface area contributed by atoms with Crippen molar-refractivity contribution in [3.8, 4) is 11.5 Å². The van der Waals surface area contributed by atoms with Gasteiger partial charge >= 0.3 is 0 Å². The summed E-state index contributed by atoms with van der Waals surface area (Å²) in [6.45, 7) is 2.31. The van der Waals surface area contributed by atoms with E-state index in [-0.39, 0.29) is 25.1 Å². The van der Waals surface area contributed by atoms with Crippen molar-refractivity contribution in [2.45, 2.75) is 19.8 Å². The number of benzene rings is 2. The lowest BCUT2D eigenvalue weighted by Crippen LogP contribution is -2.15. The number of nitrogens with zero attached hydrogens (tertiary/aromatic N) is 1. The quantitative estimate of drug-likeness (QED) is 0.204. The van der Waals surface area contributed by atoms with E-state index in [1.54, 1.807) is 13.2 Å². The highest BCUT2D eigenvalue weighted by Crippen LogP contribution is 2.36. The van der Waals surface area contributed by atoms with Gasteiger partial charge in [0.15, 0.2) is 19.4 Å². The van der Waals surface area contributed by atoms with E-state index in [4.69, 9.17) is 23.7 Å². The van der Waals surface area contributed by atoms with Gasteiger partial charge < -0.3 is 23.7 Å². The Labute approximate surface area is 181 Å². The molecule has 0 bridgehead atoms. The van der Waals surface area contributed by atoms with Crippen LogP contribution in [-0.4, -0.2) is 52.2 Å². The molecule has 0 radical (unpaired) electrons. The first kappa shape index (κ1) is 24.3. The maximum absolute atomic E-state index is 13.5. The number of non-ortho nitro benzene ring substituents is 1. The standard InChI is InChI=1S/C22H27NO8/c1-5-17-18(10-11-27-2)21(20(31-14-29-4)12-19(17)30-13-28-3)22(24)15-6-8-16(9-7-15)23(25)26/h6-9,12H,5,10-11,13-14H2,1-4H3. The molecule has 0 heterocycles. The van der Waals surface area contributed by atoms with Crippen LogP contribution in [0, 0.1) is 10.1 Å². The molecule has 0 N–H and O–H groups in total. The average Bonchev–Trinajstić information content (AvgIpc) is 2.79. The smallest absolute Gasteiger partial charge is 0.269 e. The summed E-state index contributed by atoms with van der Waals surface area (Å²) in [5.41, 5.74) is 2.13. The second kappa shape index (κ2) is 12.0. The Kier molecular flexibility index (Phi) is 9.39. The molecular formula is C22H27NO8. The van der Waals surface area contributed by atoms with Crippen molar-refractivity contribution in [1.29, 1.82) is 0 Å². The van der Waals surface area contributed by atoms with Crippen LogP contribution in [-0.2, 0) is 27.1 Å². The minimum atomic E-state index is -0.511. The van der Waals surface area contributed by atoms with Crippen molar-refractivity contribution in [3.05, 3.63) is 62.7 Å². The molecule has 31 heavy (non-hydrogen) atoms. The van der Waals surface area contributed by atoms with E-state index in [1.807, 2.05) is 6.92 Å². The van der Waals surface area contributed by atoms with Crippen LogP contribution in [0.5, 0.6) is 11.5 Å². The van der Waals surface area contributed by atoms with Crippen LogP contribution in [0.2, 0.25) is 0 Å². The number of methoxy groups -OCH3 is 3. The summed E-state index contributed by atoms with van der Waals surface area (Å²) in [4.78, 5) is 23.9. The van der Waals surface area contributed by atoms with Crippen LogP contribution in [0.1, 0.15) is 34.0 Å². The second-order valence-corrected chi connectivity index (χ2v) is 6.54. The van der Waals surface area contributed by atoms with Crippen molar-refractivity contribution < 1.29 is 33.4 Å². The first-order chi connectivity index (χ1) is 15.0. The minimum Gasteiger partial charge on any atom is -0.467 e. The molecule has 0 saturated carbocycles. The molecule has 0 aliphatic rings. The molecule has 0 fully saturated rings. The van der Waals surface area contributed by atoms with Gasteiger partial charge in [-0.15, -0.1) is 0 Å². The fraction of sp³-hybridized carbons (Fsp3) is 0.409. The Morgan fingerprint density at radius 1 is 0.935 bits per heavy atom. The number of nitro groups is 1. The number of carbonyl (C=O) groups is 1. The van der Waals surface area contributed by atoms with Gasteiger partial charge in [0.05, 0.1) is 17.1 Å². The van der Waals surface area contributed by atoms with Crippen molar-refractivity contribution in [2.24, 2.45) is 0 Å². The van der Waals surface area contributed by atoms with Crippen LogP contribution < -0.4 is 9.47 Å². The Hall–Kier alpha value is -3.01. The topological polar surface area (TPSA) is 106 Å². The predicted octanol–water partition coefficient (Wildman–Crippen LogP) is 3.54. The molecule has 9 nitrogen and oxygen atoms in total. The summed E-state index contributed by atoms with van der Waals surface area (Å²) in [6.07, 6.45) is 1.05. The maximum atomic E-state index is 13.5. The number of hydrogen-bond donors (Lipinski definition) is 0.